The number of para-hydroxylation sites is 1. The van der Waals surface area contributed by atoms with E-state index in [0.717, 1.165) is 21.3 Å². The summed E-state index contributed by atoms with van der Waals surface area (Å²) in [4.78, 5) is 15.0. The lowest BCUT2D eigenvalue weighted by Crippen LogP contribution is -2.42. The number of carboxylic acids is 1. The van der Waals surface area contributed by atoms with E-state index in [0.29, 0.717) is 34.4 Å². The second-order valence-corrected chi connectivity index (χ2v) is 10.9. The molecule has 0 radical (unpaired) electrons. The predicted octanol–water partition coefficient (Wildman–Crippen LogP) is 5.88. The normalized spacial score (nSPS) is 14.9. The van der Waals surface area contributed by atoms with Gasteiger partial charge in [-0.2, -0.15) is 0 Å². The number of hydrogen-bond donors (Lipinski definition) is 2. The number of aryl methyl sites for hydroxylation is 1. The van der Waals surface area contributed by atoms with Crippen LogP contribution in [0.25, 0.3) is 21.5 Å². The summed E-state index contributed by atoms with van der Waals surface area (Å²) in [5, 5.41) is 14.5. The predicted molar refractivity (Wildman–Crippen MR) is 141 cm³/mol. The Labute approximate surface area is 214 Å². The quantitative estimate of drug-likeness (QED) is 0.345. The number of fused-ring (bicyclic) bond motifs is 1. The summed E-state index contributed by atoms with van der Waals surface area (Å²) in [6, 6.07) is 14.1. The fraction of sp³-hybridized carbons (Fsp3) is 0.385. The van der Waals surface area contributed by atoms with E-state index >= 15 is 0 Å². The molecule has 1 aliphatic heterocycles. The van der Waals surface area contributed by atoms with Gasteiger partial charge in [0.05, 0.1) is 21.3 Å². The Morgan fingerprint density at radius 3 is 2.63 bits per heavy atom. The van der Waals surface area contributed by atoms with Gasteiger partial charge in [-0.05, 0) is 70.5 Å². The Hall–Kier alpha value is -2.65. The Bertz CT molecular complexity index is 1300. The minimum absolute atomic E-state index is 0.230. The SMILES string of the molecule is CC(C)N1CCC(N)CC1.Cc1cccc2cc(C(=O)O)n(Cc3cc(-c4ccc(Cl)s4)on3)c12. The number of piperidine rings is 1. The van der Waals surface area contributed by atoms with E-state index in [4.69, 9.17) is 21.9 Å². The van der Waals surface area contributed by atoms with Crippen molar-refractivity contribution in [2.75, 3.05) is 13.1 Å². The van der Waals surface area contributed by atoms with Crippen LogP contribution in [0.15, 0.2) is 47.0 Å². The van der Waals surface area contributed by atoms with Gasteiger partial charge in [0.25, 0.3) is 0 Å². The van der Waals surface area contributed by atoms with Crippen molar-refractivity contribution in [3.05, 3.63) is 63.8 Å². The van der Waals surface area contributed by atoms with E-state index in [1.54, 1.807) is 16.7 Å². The van der Waals surface area contributed by atoms with Crippen molar-refractivity contribution < 1.29 is 14.4 Å². The monoisotopic (exact) mass is 514 g/mol. The number of carboxylic acid groups (broad SMARTS) is 1. The third kappa shape index (κ3) is 5.95. The molecule has 9 heteroatoms. The zero-order chi connectivity index (χ0) is 25.1. The van der Waals surface area contributed by atoms with Crippen molar-refractivity contribution in [1.29, 1.82) is 0 Å². The highest BCUT2D eigenvalue weighted by molar-refractivity contribution is 7.19. The molecule has 3 aromatic heterocycles. The molecule has 4 heterocycles. The maximum atomic E-state index is 11.6. The number of carbonyl (C=O) groups is 1. The van der Waals surface area contributed by atoms with Gasteiger partial charge < -0.3 is 24.8 Å². The molecule has 0 saturated carbocycles. The number of benzene rings is 1. The average Bonchev–Trinajstić information content (AvgIpc) is 3.54. The highest BCUT2D eigenvalue weighted by atomic mass is 35.5. The van der Waals surface area contributed by atoms with Crippen LogP contribution in [0.5, 0.6) is 0 Å². The zero-order valence-electron chi connectivity index (χ0n) is 20.2. The van der Waals surface area contributed by atoms with Crippen LogP contribution in [0.4, 0.5) is 0 Å². The summed E-state index contributed by atoms with van der Waals surface area (Å²) in [5.74, 6) is -0.346. The highest BCUT2D eigenvalue weighted by Gasteiger charge is 2.19. The molecule has 0 aliphatic carbocycles. The van der Waals surface area contributed by atoms with E-state index in [2.05, 4.69) is 23.9 Å². The van der Waals surface area contributed by atoms with Crippen molar-refractivity contribution in [3.63, 3.8) is 0 Å². The van der Waals surface area contributed by atoms with Gasteiger partial charge in [0, 0.05) is 23.5 Å². The molecule has 0 amide bonds. The molecule has 0 bridgehead atoms. The molecule has 186 valence electrons. The van der Waals surface area contributed by atoms with Gasteiger partial charge in [0.2, 0.25) is 0 Å². The molecular formula is C26H31ClN4O3S. The molecule has 0 atom stereocenters. The Morgan fingerprint density at radius 1 is 1.26 bits per heavy atom. The van der Waals surface area contributed by atoms with Crippen molar-refractivity contribution in [2.45, 2.75) is 52.2 Å². The summed E-state index contributed by atoms with van der Waals surface area (Å²) >= 11 is 7.36. The molecule has 3 N–H and O–H groups in total. The van der Waals surface area contributed by atoms with Gasteiger partial charge in [-0.15, -0.1) is 11.3 Å². The van der Waals surface area contributed by atoms with Gasteiger partial charge in [-0.25, -0.2) is 4.79 Å². The highest BCUT2D eigenvalue weighted by Crippen LogP contribution is 2.32. The first kappa shape index (κ1) is 25.4. The van der Waals surface area contributed by atoms with Crippen LogP contribution in [0.3, 0.4) is 0 Å². The Kier molecular flexibility index (Phi) is 7.96. The zero-order valence-corrected chi connectivity index (χ0v) is 21.8. The molecule has 4 aromatic rings. The van der Waals surface area contributed by atoms with Gasteiger partial charge in [-0.1, -0.05) is 35.0 Å². The maximum absolute atomic E-state index is 11.6. The summed E-state index contributed by atoms with van der Waals surface area (Å²) in [6.07, 6.45) is 2.36. The van der Waals surface area contributed by atoms with E-state index in [1.165, 1.54) is 37.3 Å². The number of aromatic carboxylic acids is 1. The first-order valence-corrected chi connectivity index (χ1v) is 13.0. The minimum atomic E-state index is -0.968. The lowest BCUT2D eigenvalue weighted by Gasteiger charge is -2.32. The van der Waals surface area contributed by atoms with Gasteiger partial charge in [0.1, 0.15) is 11.4 Å². The summed E-state index contributed by atoms with van der Waals surface area (Å²) in [5.41, 5.74) is 8.56. The lowest BCUT2D eigenvalue weighted by molar-refractivity contribution is 0.0686. The van der Waals surface area contributed by atoms with E-state index in [9.17, 15) is 9.90 Å². The number of thiophene rings is 1. The van der Waals surface area contributed by atoms with E-state index in [1.807, 2.05) is 37.3 Å². The molecule has 1 fully saturated rings. The molecule has 0 unspecified atom stereocenters. The summed E-state index contributed by atoms with van der Waals surface area (Å²) < 4.78 is 7.83. The third-order valence-electron chi connectivity index (χ3n) is 6.34. The van der Waals surface area contributed by atoms with Crippen LogP contribution in [0.1, 0.15) is 48.4 Å². The van der Waals surface area contributed by atoms with Crippen LogP contribution in [-0.4, -0.2) is 50.9 Å². The number of halogens is 1. The smallest absolute Gasteiger partial charge is 0.352 e. The van der Waals surface area contributed by atoms with E-state index in [-0.39, 0.29) is 5.69 Å². The first-order chi connectivity index (χ1) is 16.7. The molecular weight excluding hydrogens is 484 g/mol. The fourth-order valence-electron chi connectivity index (χ4n) is 4.40. The van der Waals surface area contributed by atoms with Crippen molar-refractivity contribution in [1.82, 2.24) is 14.6 Å². The minimum Gasteiger partial charge on any atom is -0.477 e. The third-order valence-corrected chi connectivity index (χ3v) is 7.59. The summed E-state index contributed by atoms with van der Waals surface area (Å²) in [6.45, 7) is 9.16. The van der Waals surface area contributed by atoms with E-state index < -0.39 is 5.97 Å². The summed E-state index contributed by atoms with van der Waals surface area (Å²) in [7, 11) is 0. The molecule has 7 nitrogen and oxygen atoms in total. The Balaban J connectivity index is 0.000000243. The molecule has 1 saturated heterocycles. The first-order valence-electron chi connectivity index (χ1n) is 11.8. The van der Waals surface area contributed by atoms with Crippen molar-refractivity contribution >= 4 is 39.8 Å². The topological polar surface area (TPSA) is 97.5 Å². The van der Waals surface area contributed by atoms with Gasteiger partial charge in [-0.3, -0.25) is 0 Å². The average molecular weight is 515 g/mol. The standard InChI is InChI=1S/C18H13ClN2O3S.C8H18N2/c1-10-3-2-4-11-7-13(18(22)23)21(17(10)11)9-12-8-14(24-20-12)15-5-6-16(19)25-15;1-7(2)10-5-3-8(9)4-6-10/h2-8H,9H2,1H3,(H,22,23);7-8H,3-6,9H2,1-2H3. The van der Waals surface area contributed by atoms with Crippen LogP contribution in [0.2, 0.25) is 4.34 Å². The van der Waals surface area contributed by atoms with Gasteiger partial charge in [0.15, 0.2) is 5.76 Å². The molecule has 1 aliphatic rings. The van der Waals surface area contributed by atoms with Crippen molar-refractivity contribution in [2.24, 2.45) is 5.73 Å². The Morgan fingerprint density at radius 2 is 2.00 bits per heavy atom. The number of likely N-dealkylation sites (tertiary alicyclic amines) is 1. The van der Waals surface area contributed by atoms with Crippen LogP contribution in [0, 0.1) is 6.92 Å². The molecule has 1 aromatic carbocycles. The van der Waals surface area contributed by atoms with Crippen LogP contribution >= 0.6 is 22.9 Å². The van der Waals surface area contributed by atoms with Crippen LogP contribution < -0.4 is 5.73 Å². The van der Waals surface area contributed by atoms with Gasteiger partial charge >= 0.3 is 5.97 Å². The number of nitrogens with two attached hydrogens (primary N) is 1. The largest absolute Gasteiger partial charge is 0.477 e. The lowest BCUT2D eigenvalue weighted by atomic mass is 10.1. The fourth-order valence-corrected chi connectivity index (χ4v) is 5.39. The molecule has 35 heavy (non-hydrogen) atoms. The molecule has 0 spiro atoms. The number of hydrogen-bond acceptors (Lipinski definition) is 6. The number of rotatable bonds is 5. The maximum Gasteiger partial charge on any atom is 0.352 e. The second kappa shape index (κ2) is 11.0. The van der Waals surface area contributed by atoms with Crippen LogP contribution in [-0.2, 0) is 6.54 Å². The number of aromatic nitrogens is 2. The number of nitrogens with zero attached hydrogens (tertiary/aromatic N) is 3. The second-order valence-electron chi connectivity index (χ2n) is 9.19. The van der Waals surface area contributed by atoms with Crippen molar-refractivity contribution in [3.8, 4) is 10.6 Å². The molecule has 5 rings (SSSR count).